The predicted molar refractivity (Wildman–Crippen MR) is 78.2 cm³/mol. The van der Waals surface area contributed by atoms with E-state index in [9.17, 15) is 13.5 Å². The molecule has 1 N–H and O–H groups in total. The molecule has 9 heteroatoms. The van der Waals surface area contributed by atoms with Gasteiger partial charge in [0.1, 0.15) is 0 Å². The van der Waals surface area contributed by atoms with E-state index in [1.165, 1.54) is 11.8 Å². The number of nitrogens with zero attached hydrogens (tertiary/aromatic N) is 4. The third kappa shape index (κ3) is 3.09. The Hall–Kier alpha value is -1.45. The minimum Gasteiger partial charge on any atom is -0.391 e. The lowest BCUT2D eigenvalue weighted by atomic mass is 10.2. The lowest BCUT2D eigenvalue weighted by Gasteiger charge is -2.11. The number of aliphatic hydroxyl groups is 1. The van der Waals surface area contributed by atoms with E-state index in [0.29, 0.717) is 5.16 Å². The van der Waals surface area contributed by atoms with Crippen LogP contribution in [0.15, 0.2) is 29.4 Å². The van der Waals surface area contributed by atoms with Crippen molar-refractivity contribution in [1.29, 1.82) is 0 Å². The molecule has 1 fully saturated rings. The van der Waals surface area contributed by atoms with Crippen LogP contribution in [0.5, 0.6) is 0 Å². The van der Waals surface area contributed by atoms with Gasteiger partial charge in [-0.2, -0.15) is 4.68 Å². The number of rotatable bonds is 3. The summed E-state index contributed by atoms with van der Waals surface area (Å²) in [6.45, 7) is 1.98. The number of tetrazole rings is 1. The van der Waals surface area contributed by atoms with Crippen LogP contribution in [0.4, 0.5) is 0 Å². The van der Waals surface area contributed by atoms with Crippen LogP contribution in [-0.4, -0.2) is 56.6 Å². The van der Waals surface area contributed by atoms with Gasteiger partial charge >= 0.3 is 0 Å². The number of thioether (sulfide) groups is 1. The zero-order valence-corrected chi connectivity index (χ0v) is 12.9. The number of sulfone groups is 1. The topological polar surface area (TPSA) is 98.0 Å². The van der Waals surface area contributed by atoms with E-state index in [1.54, 1.807) is 4.68 Å². The van der Waals surface area contributed by atoms with Gasteiger partial charge in [0.05, 0.1) is 28.5 Å². The monoisotopic (exact) mass is 326 g/mol. The number of hydrogen-bond acceptors (Lipinski definition) is 7. The van der Waals surface area contributed by atoms with E-state index in [4.69, 9.17) is 0 Å². The van der Waals surface area contributed by atoms with Crippen LogP contribution in [0.25, 0.3) is 5.69 Å². The average molecular weight is 326 g/mol. The van der Waals surface area contributed by atoms with E-state index in [2.05, 4.69) is 15.5 Å². The summed E-state index contributed by atoms with van der Waals surface area (Å²) in [6.07, 6.45) is -0.886. The fourth-order valence-electron chi connectivity index (χ4n) is 2.15. The van der Waals surface area contributed by atoms with E-state index in [1.807, 2.05) is 31.2 Å². The van der Waals surface area contributed by atoms with Crippen LogP contribution in [-0.2, 0) is 9.84 Å². The number of aryl methyl sites for hydroxylation is 1. The van der Waals surface area contributed by atoms with Gasteiger partial charge in [-0.25, -0.2) is 8.42 Å². The Balaban J connectivity index is 1.85. The Labute approximate surface area is 126 Å². The number of aliphatic hydroxyl groups excluding tert-OH is 1. The van der Waals surface area contributed by atoms with Crippen molar-refractivity contribution in [2.24, 2.45) is 0 Å². The molecule has 21 heavy (non-hydrogen) atoms. The normalized spacial score (nSPS) is 24.3. The number of aromatic nitrogens is 4. The van der Waals surface area contributed by atoms with Gasteiger partial charge in [-0.1, -0.05) is 29.5 Å². The first-order valence-corrected chi connectivity index (χ1v) is 9.05. The molecule has 112 valence electrons. The minimum absolute atomic E-state index is 0.0560. The zero-order chi connectivity index (χ0) is 15.0. The third-order valence-electron chi connectivity index (χ3n) is 3.25. The second kappa shape index (κ2) is 5.39. The summed E-state index contributed by atoms with van der Waals surface area (Å²) in [7, 11) is -3.18. The second-order valence-electron chi connectivity index (χ2n) is 5.01. The Morgan fingerprint density at radius 3 is 2.62 bits per heavy atom. The quantitative estimate of drug-likeness (QED) is 0.861. The Morgan fingerprint density at radius 2 is 2.00 bits per heavy atom. The Bertz CT molecular complexity index is 742. The molecule has 0 amide bonds. The van der Waals surface area contributed by atoms with Crippen LogP contribution in [0, 0.1) is 6.92 Å². The van der Waals surface area contributed by atoms with Crippen LogP contribution in [0.2, 0.25) is 0 Å². The molecule has 1 aromatic carbocycles. The van der Waals surface area contributed by atoms with Crippen molar-refractivity contribution in [3.05, 3.63) is 29.8 Å². The maximum atomic E-state index is 11.5. The molecule has 2 atom stereocenters. The van der Waals surface area contributed by atoms with Crippen molar-refractivity contribution >= 4 is 21.6 Å². The van der Waals surface area contributed by atoms with E-state index < -0.39 is 21.2 Å². The molecule has 1 aliphatic heterocycles. The first-order valence-electron chi connectivity index (χ1n) is 6.35. The molecular weight excluding hydrogens is 312 g/mol. The minimum atomic E-state index is -3.18. The molecule has 0 unspecified atom stereocenters. The fraction of sp³-hybridized carbons (Fsp3) is 0.417. The van der Waals surface area contributed by atoms with Crippen molar-refractivity contribution < 1.29 is 13.5 Å². The largest absolute Gasteiger partial charge is 0.391 e. The summed E-state index contributed by atoms with van der Waals surface area (Å²) in [6, 6.07) is 7.66. The molecule has 2 heterocycles. The molecule has 2 aromatic rings. The molecule has 1 aliphatic rings. The molecule has 0 radical (unpaired) electrons. The van der Waals surface area contributed by atoms with Crippen LogP contribution >= 0.6 is 11.8 Å². The van der Waals surface area contributed by atoms with Crippen molar-refractivity contribution in [1.82, 2.24) is 20.2 Å². The fourth-order valence-corrected chi connectivity index (χ4v) is 5.62. The Morgan fingerprint density at radius 1 is 1.29 bits per heavy atom. The van der Waals surface area contributed by atoms with Crippen LogP contribution < -0.4 is 0 Å². The van der Waals surface area contributed by atoms with Gasteiger partial charge in [0, 0.05) is 0 Å². The summed E-state index contributed by atoms with van der Waals surface area (Å²) in [5.74, 6) is -0.254. The van der Waals surface area contributed by atoms with Gasteiger partial charge in [-0.15, -0.1) is 5.10 Å². The molecule has 0 spiro atoms. The van der Waals surface area contributed by atoms with E-state index in [-0.39, 0.29) is 11.5 Å². The maximum Gasteiger partial charge on any atom is 0.214 e. The smallest absolute Gasteiger partial charge is 0.214 e. The molecule has 0 bridgehead atoms. The maximum absolute atomic E-state index is 11.5. The standard InChI is InChI=1S/C12H14N4O3S2/c1-8-2-4-9(5-3-8)16-12(13-14-15-16)20-11-7-21(18,19)6-10(11)17/h2-5,10-11,17H,6-7H2,1H3/t10-,11+/m1/s1. The van der Waals surface area contributed by atoms with Gasteiger partial charge in [0.15, 0.2) is 9.84 Å². The third-order valence-corrected chi connectivity index (χ3v) is 6.42. The van der Waals surface area contributed by atoms with E-state index >= 15 is 0 Å². The highest BCUT2D eigenvalue weighted by Crippen LogP contribution is 2.30. The molecule has 1 saturated heterocycles. The molecule has 3 rings (SSSR count). The van der Waals surface area contributed by atoms with Crippen LogP contribution in [0.3, 0.4) is 0 Å². The van der Waals surface area contributed by atoms with Crippen molar-refractivity contribution in [2.75, 3.05) is 11.5 Å². The van der Waals surface area contributed by atoms with Gasteiger partial charge in [0.25, 0.3) is 0 Å². The molecule has 0 saturated carbocycles. The second-order valence-corrected chi connectivity index (χ2v) is 8.37. The summed E-state index contributed by atoms with van der Waals surface area (Å²) in [5, 5.41) is 21.4. The van der Waals surface area contributed by atoms with Crippen molar-refractivity contribution in [2.45, 2.75) is 23.4 Å². The molecule has 7 nitrogen and oxygen atoms in total. The molecular formula is C12H14N4O3S2. The van der Waals surface area contributed by atoms with Crippen molar-refractivity contribution in [3.8, 4) is 5.69 Å². The van der Waals surface area contributed by atoms with Gasteiger partial charge in [-0.3, -0.25) is 0 Å². The summed E-state index contributed by atoms with van der Waals surface area (Å²) < 4.78 is 24.6. The molecule has 0 aliphatic carbocycles. The van der Waals surface area contributed by atoms with Gasteiger partial charge < -0.3 is 5.11 Å². The first kappa shape index (κ1) is 14.5. The van der Waals surface area contributed by atoms with E-state index in [0.717, 1.165) is 11.3 Å². The SMILES string of the molecule is Cc1ccc(-n2nnnc2S[C@H]2CS(=O)(=O)C[C@H]2O)cc1. The summed E-state index contributed by atoms with van der Waals surface area (Å²) in [4.78, 5) is 0. The predicted octanol–water partition coefficient (Wildman–Crippen LogP) is 0.221. The average Bonchev–Trinajstić information content (AvgIpc) is 2.95. The van der Waals surface area contributed by atoms with Gasteiger partial charge in [-0.05, 0) is 29.5 Å². The summed E-state index contributed by atoms with van der Waals surface area (Å²) in [5.41, 5.74) is 1.92. The molecule has 1 aromatic heterocycles. The highest BCUT2D eigenvalue weighted by atomic mass is 32.2. The highest BCUT2D eigenvalue weighted by molar-refractivity contribution is 8.01. The van der Waals surface area contributed by atoms with Gasteiger partial charge in [0.2, 0.25) is 5.16 Å². The highest BCUT2D eigenvalue weighted by Gasteiger charge is 2.38. The van der Waals surface area contributed by atoms with Crippen LogP contribution in [0.1, 0.15) is 5.56 Å². The Kier molecular flexibility index (Phi) is 3.72. The lowest BCUT2D eigenvalue weighted by Crippen LogP contribution is -2.20. The first-order chi connectivity index (χ1) is 9.94. The number of hydrogen-bond donors (Lipinski definition) is 1. The zero-order valence-electron chi connectivity index (χ0n) is 11.2. The lowest BCUT2D eigenvalue weighted by molar-refractivity contribution is 0.207. The number of benzene rings is 1. The van der Waals surface area contributed by atoms with Crippen molar-refractivity contribution in [3.63, 3.8) is 0 Å². The summed E-state index contributed by atoms with van der Waals surface area (Å²) >= 11 is 1.19.